The van der Waals surface area contributed by atoms with Crippen LogP contribution in [-0.2, 0) is 0 Å². The van der Waals surface area contributed by atoms with Crippen LogP contribution in [0.25, 0.3) is 0 Å². The van der Waals surface area contributed by atoms with Crippen molar-refractivity contribution in [1.82, 2.24) is 0 Å². The lowest BCUT2D eigenvalue weighted by atomic mass is 9.73. The van der Waals surface area contributed by atoms with Crippen LogP contribution in [0.5, 0.6) is 0 Å². The zero-order valence-corrected chi connectivity index (χ0v) is 9.74. The van der Waals surface area contributed by atoms with Crippen LogP contribution in [0.1, 0.15) is 46.5 Å². The smallest absolute Gasteiger partial charge is 0.0599 e. The molecule has 1 N–H and O–H groups in total. The van der Waals surface area contributed by atoms with Gasteiger partial charge in [0.1, 0.15) is 0 Å². The van der Waals surface area contributed by atoms with Gasteiger partial charge in [0.25, 0.3) is 0 Å². The highest BCUT2D eigenvalue weighted by atomic mass is 16.3. The highest BCUT2D eigenvalue weighted by molar-refractivity contribution is 4.93. The van der Waals surface area contributed by atoms with E-state index >= 15 is 0 Å². The van der Waals surface area contributed by atoms with E-state index in [1.807, 2.05) is 0 Å². The molecule has 0 aliphatic heterocycles. The minimum atomic E-state index is 0.0138. The van der Waals surface area contributed by atoms with Crippen LogP contribution >= 0.6 is 0 Å². The summed E-state index contributed by atoms with van der Waals surface area (Å²) in [6.45, 7) is 6.97. The average Bonchev–Trinajstić information content (AvgIpc) is 2.86. The first-order chi connectivity index (χ1) is 6.59. The molecule has 0 amide bonds. The van der Waals surface area contributed by atoms with Gasteiger partial charge in [0.2, 0.25) is 0 Å². The van der Waals surface area contributed by atoms with Crippen molar-refractivity contribution < 1.29 is 5.11 Å². The fourth-order valence-corrected chi connectivity index (χ4v) is 3.08. The highest BCUT2D eigenvalue weighted by Gasteiger charge is 2.43. The van der Waals surface area contributed by atoms with E-state index in [9.17, 15) is 5.11 Å². The molecule has 82 valence electrons. The Bertz CT molecular complexity index is 201. The van der Waals surface area contributed by atoms with E-state index in [-0.39, 0.29) is 6.10 Å². The molecule has 1 nitrogen and oxygen atoms in total. The van der Waals surface area contributed by atoms with Gasteiger partial charge in [-0.3, -0.25) is 0 Å². The standard InChI is InChI=1S/C13H24O/c1-8-4-5-11(6-9(8)2)13(14)12-7-10(12)3/h8-14H,4-7H2,1-3H3. The first-order valence-corrected chi connectivity index (χ1v) is 6.27. The van der Waals surface area contributed by atoms with Crippen molar-refractivity contribution in [3.05, 3.63) is 0 Å². The van der Waals surface area contributed by atoms with Crippen LogP contribution in [0.15, 0.2) is 0 Å². The zero-order chi connectivity index (χ0) is 10.3. The fraction of sp³-hybridized carbons (Fsp3) is 1.00. The second-order valence-corrected chi connectivity index (χ2v) is 5.90. The van der Waals surface area contributed by atoms with E-state index in [4.69, 9.17) is 0 Å². The van der Waals surface area contributed by atoms with Crippen LogP contribution in [-0.4, -0.2) is 11.2 Å². The predicted octanol–water partition coefficient (Wildman–Crippen LogP) is 3.08. The van der Waals surface area contributed by atoms with E-state index in [1.165, 1.54) is 25.7 Å². The Balaban J connectivity index is 1.86. The van der Waals surface area contributed by atoms with Crippen LogP contribution in [0.4, 0.5) is 0 Å². The molecule has 2 aliphatic rings. The van der Waals surface area contributed by atoms with Crippen molar-refractivity contribution in [2.24, 2.45) is 29.6 Å². The molecular formula is C13H24O. The summed E-state index contributed by atoms with van der Waals surface area (Å²) >= 11 is 0. The van der Waals surface area contributed by atoms with Gasteiger partial charge < -0.3 is 5.11 Å². The lowest BCUT2D eigenvalue weighted by Gasteiger charge is -2.34. The fourth-order valence-electron chi connectivity index (χ4n) is 3.08. The molecule has 0 aromatic carbocycles. The Morgan fingerprint density at radius 2 is 1.57 bits per heavy atom. The summed E-state index contributed by atoms with van der Waals surface area (Å²) in [6, 6.07) is 0. The third kappa shape index (κ3) is 1.98. The van der Waals surface area contributed by atoms with Gasteiger partial charge in [0, 0.05) is 0 Å². The summed E-state index contributed by atoms with van der Waals surface area (Å²) < 4.78 is 0. The lowest BCUT2D eigenvalue weighted by molar-refractivity contribution is 0.0381. The molecule has 0 aromatic rings. The maximum Gasteiger partial charge on any atom is 0.0599 e. The SMILES string of the molecule is CC1CCC(C(O)C2CC2C)CC1C. The largest absolute Gasteiger partial charge is 0.393 e. The predicted molar refractivity (Wildman–Crippen MR) is 58.9 cm³/mol. The van der Waals surface area contributed by atoms with Crippen molar-refractivity contribution >= 4 is 0 Å². The molecule has 0 radical (unpaired) electrons. The Morgan fingerprint density at radius 1 is 0.929 bits per heavy atom. The normalized spacial score (nSPS) is 50.1. The molecule has 6 atom stereocenters. The van der Waals surface area contributed by atoms with Crippen LogP contribution in [0.3, 0.4) is 0 Å². The Morgan fingerprint density at radius 3 is 2.07 bits per heavy atom. The molecule has 0 bridgehead atoms. The molecule has 1 heteroatoms. The topological polar surface area (TPSA) is 20.2 Å². The van der Waals surface area contributed by atoms with Gasteiger partial charge in [-0.05, 0) is 48.9 Å². The highest BCUT2D eigenvalue weighted by Crippen LogP contribution is 2.46. The monoisotopic (exact) mass is 196 g/mol. The van der Waals surface area contributed by atoms with E-state index in [0.717, 1.165) is 17.8 Å². The minimum Gasteiger partial charge on any atom is -0.393 e. The summed E-state index contributed by atoms with van der Waals surface area (Å²) in [5, 5.41) is 10.2. The quantitative estimate of drug-likeness (QED) is 0.719. The molecule has 2 fully saturated rings. The van der Waals surface area contributed by atoms with Crippen molar-refractivity contribution in [3.8, 4) is 0 Å². The molecule has 0 heterocycles. The van der Waals surface area contributed by atoms with Crippen LogP contribution in [0, 0.1) is 29.6 Å². The number of hydrogen-bond donors (Lipinski definition) is 1. The Hall–Kier alpha value is -0.0400. The van der Waals surface area contributed by atoms with Gasteiger partial charge in [-0.15, -0.1) is 0 Å². The van der Waals surface area contributed by atoms with Gasteiger partial charge in [-0.2, -0.15) is 0 Å². The zero-order valence-electron chi connectivity index (χ0n) is 9.74. The first-order valence-electron chi connectivity index (χ1n) is 6.27. The van der Waals surface area contributed by atoms with E-state index in [0.29, 0.717) is 11.8 Å². The molecule has 0 saturated heterocycles. The minimum absolute atomic E-state index is 0.0138. The molecule has 0 spiro atoms. The number of hydrogen-bond acceptors (Lipinski definition) is 1. The maximum absolute atomic E-state index is 10.2. The summed E-state index contributed by atoms with van der Waals surface area (Å²) in [4.78, 5) is 0. The summed E-state index contributed by atoms with van der Waals surface area (Å²) in [7, 11) is 0. The van der Waals surface area contributed by atoms with Crippen molar-refractivity contribution in [2.45, 2.75) is 52.6 Å². The maximum atomic E-state index is 10.2. The van der Waals surface area contributed by atoms with Crippen molar-refractivity contribution in [2.75, 3.05) is 0 Å². The second kappa shape index (κ2) is 3.84. The van der Waals surface area contributed by atoms with Crippen molar-refractivity contribution in [1.29, 1.82) is 0 Å². The molecule has 6 unspecified atom stereocenters. The third-order valence-electron chi connectivity index (χ3n) is 4.73. The summed E-state index contributed by atoms with van der Waals surface area (Å²) in [5.41, 5.74) is 0. The molecule has 2 saturated carbocycles. The van der Waals surface area contributed by atoms with Gasteiger partial charge in [0.05, 0.1) is 6.10 Å². The number of aliphatic hydroxyl groups excluding tert-OH is 1. The number of aliphatic hydroxyl groups is 1. The Labute approximate surface area is 87.9 Å². The summed E-state index contributed by atoms with van der Waals surface area (Å²) in [6.07, 6.45) is 5.12. The van der Waals surface area contributed by atoms with E-state index < -0.39 is 0 Å². The molecule has 2 aliphatic carbocycles. The Kier molecular flexibility index (Phi) is 2.88. The van der Waals surface area contributed by atoms with Gasteiger partial charge in [0.15, 0.2) is 0 Å². The molecule has 14 heavy (non-hydrogen) atoms. The summed E-state index contributed by atoms with van der Waals surface area (Å²) in [5.74, 6) is 3.73. The van der Waals surface area contributed by atoms with Crippen LogP contribution in [0.2, 0.25) is 0 Å². The third-order valence-corrected chi connectivity index (χ3v) is 4.73. The lowest BCUT2D eigenvalue weighted by Crippen LogP contribution is -2.31. The van der Waals surface area contributed by atoms with Gasteiger partial charge in [-0.25, -0.2) is 0 Å². The molecular weight excluding hydrogens is 172 g/mol. The molecule has 2 rings (SSSR count). The first kappa shape index (κ1) is 10.5. The average molecular weight is 196 g/mol. The van der Waals surface area contributed by atoms with E-state index in [2.05, 4.69) is 20.8 Å². The number of rotatable bonds is 2. The van der Waals surface area contributed by atoms with Crippen molar-refractivity contribution in [3.63, 3.8) is 0 Å². The van der Waals surface area contributed by atoms with Gasteiger partial charge >= 0.3 is 0 Å². The van der Waals surface area contributed by atoms with Crippen LogP contribution < -0.4 is 0 Å². The van der Waals surface area contributed by atoms with Gasteiger partial charge in [-0.1, -0.05) is 27.2 Å². The molecule has 0 aromatic heterocycles. The second-order valence-electron chi connectivity index (χ2n) is 5.90. The van der Waals surface area contributed by atoms with E-state index in [1.54, 1.807) is 0 Å².